The minimum absolute atomic E-state index is 0.264. The molecule has 4 nitrogen and oxygen atoms in total. The van der Waals surface area contributed by atoms with Crippen molar-refractivity contribution in [2.75, 3.05) is 31.5 Å². The Morgan fingerprint density at radius 2 is 1.76 bits per heavy atom. The SMILES string of the molecule is O=C(C1CC1)N1CCN(C(=S)Nc2ccccc2F)CC1. The summed E-state index contributed by atoms with van der Waals surface area (Å²) in [4.78, 5) is 15.9. The number of amides is 1. The summed E-state index contributed by atoms with van der Waals surface area (Å²) in [5.41, 5.74) is 0.388. The second kappa shape index (κ2) is 5.97. The molecule has 0 spiro atoms. The molecule has 0 radical (unpaired) electrons. The van der Waals surface area contributed by atoms with Gasteiger partial charge in [0.15, 0.2) is 5.11 Å². The molecule has 112 valence electrons. The quantitative estimate of drug-likeness (QED) is 0.849. The Balaban J connectivity index is 1.53. The van der Waals surface area contributed by atoms with Crippen molar-refractivity contribution in [3.05, 3.63) is 30.1 Å². The molecule has 1 aliphatic carbocycles. The number of carbonyl (C=O) groups is 1. The predicted octanol–water partition coefficient (Wildman–Crippen LogP) is 2.08. The molecule has 1 N–H and O–H groups in total. The molecule has 1 aliphatic heterocycles. The van der Waals surface area contributed by atoms with Crippen molar-refractivity contribution in [3.63, 3.8) is 0 Å². The van der Waals surface area contributed by atoms with Crippen molar-refractivity contribution in [2.24, 2.45) is 5.92 Å². The minimum Gasteiger partial charge on any atom is -0.345 e. The first-order chi connectivity index (χ1) is 10.1. The number of hydrogen-bond donors (Lipinski definition) is 1. The highest BCUT2D eigenvalue weighted by Gasteiger charge is 2.34. The third-order valence-corrected chi connectivity index (χ3v) is 4.28. The second-order valence-electron chi connectivity index (χ2n) is 5.50. The number of anilines is 1. The Morgan fingerprint density at radius 3 is 2.38 bits per heavy atom. The summed E-state index contributed by atoms with van der Waals surface area (Å²) in [6.45, 7) is 2.76. The molecular weight excluding hydrogens is 289 g/mol. The molecule has 2 aliphatic rings. The number of para-hydroxylation sites is 1. The van der Waals surface area contributed by atoms with E-state index in [-0.39, 0.29) is 17.6 Å². The maximum absolute atomic E-state index is 13.6. The highest BCUT2D eigenvalue weighted by atomic mass is 32.1. The highest BCUT2D eigenvalue weighted by molar-refractivity contribution is 7.80. The van der Waals surface area contributed by atoms with E-state index in [0.29, 0.717) is 37.0 Å². The van der Waals surface area contributed by atoms with E-state index in [2.05, 4.69) is 5.32 Å². The van der Waals surface area contributed by atoms with Gasteiger partial charge in [-0.1, -0.05) is 12.1 Å². The third kappa shape index (κ3) is 3.32. The van der Waals surface area contributed by atoms with Crippen LogP contribution in [0.2, 0.25) is 0 Å². The molecule has 1 amide bonds. The van der Waals surface area contributed by atoms with Crippen molar-refractivity contribution in [3.8, 4) is 0 Å². The Bertz CT molecular complexity index is 554. The zero-order valence-corrected chi connectivity index (χ0v) is 12.5. The van der Waals surface area contributed by atoms with Gasteiger partial charge in [0, 0.05) is 32.1 Å². The van der Waals surface area contributed by atoms with Crippen LogP contribution in [0.15, 0.2) is 24.3 Å². The summed E-state index contributed by atoms with van der Waals surface area (Å²) in [6.07, 6.45) is 2.07. The number of halogens is 1. The number of thiocarbonyl (C=S) groups is 1. The molecule has 0 atom stereocenters. The van der Waals surface area contributed by atoms with Gasteiger partial charge >= 0.3 is 0 Å². The lowest BCUT2D eigenvalue weighted by Crippen LogP contribution is -2.52. The van der Waals surface area contributed by atoms with Crippen LogP contribution in [0.3, 0.4) is 0 Å². The molecule has 1 aromatic carbocycles. The van der Waals surface area contributed by atoms with Gasteiger partial charge < -0.3 is 15.1 Å². The van der Waals surface area contributed by atoms with Gasteiger partial charge in [-0.25, -0.2) is 4.39 Å². The van der Waals surface area contributed by atoms with E-state index in [1.54, 1.807) is 18.2 Å². The van der Waals surface area contributed by atoms with Crippen molar-refractivity contribution in [1.82, 2.24) is 9.80 Å². The third-order valence-electron chi connectivity index (χ3n) is 3.92. The Kier molecular flexibility index (Phi) is 4.05. The van der Waals surface area contributed by atoms with Crippen LogP contribution in [0.1, 0.15) is 12.8 Å². The van der Waals surface area contributed by atoms with Gasteiger partial charge in [0.1, 0.15) is 5.82 Å². The fourth-order valence-corrected chi connectivity index (χ4v) is 2.77. The summed E-state index contributed by atoms with van der Waals surface area (Å²) in [5, 5.41) is 3.45. The van der Waals surface area contributed by atoms with E-state index in [1.807, 2.05) is 9.80 Å². The average Bonchev–Trinajstić information content (AvgIpc) is 3.34. The summed E-state index contributed by atoms with van der Waals surface area (Å²) >= 11 is 5.33. The van der Waals surface area contributed by atoms with E-state index in [1.165, 1.54) is 6.07 Å². The van der Waals surface area contributed by atoms with Crippen molar-refractivity contribution in [1.29, 1.82) is 0 Å². The Labute approximate surface area is 128 Å². The lowest BCUT2D eigenvalue weighted by Gasteiger charge is -2.36. The number of piperazine rings is 1. The van der Waals surface area contributed by atoms with Crippen LogP contribution in [0, 0.1) is 11.7 Å². The lowest BCUT2D eigenvalue weighted by atomic mass is 10.2. The first-order valence-corrected chi connectivity index (χ1v) is 7.65. The molecule has 0 aromatic heterocycles. The topological polar surface area (TPSA) is 35.6 Å². The van der Waals surface area contributed by atoms with E-state index >= 15 is 0 Å². The van der Waals surface area contributed by atoms with Crippen LogP contribution in [0.4, 0.5) is 10.1 Å². The molecule has 6 heteroatoms. The summed E-state index contributed by atoms with van der Waals surface area (Å²) in [6, 6.07) is 6.47. The van der Waals surface area contributed by atoms with Gasteiger partial charge in [0.05, 0.1) is 5.69 Å². The molecule has 1 heterocycles. The molecule has 3 rings (SSSR count). The molecule has 1 saturated carbocycles. The highest BCUT2D eigenvalue weighted by Crippen LogP contribution is 2.31. The zero-order valence-electron chi connectivity index (χ0n) is 11.7. The smallest absolute Gasteiger partial charge is 0.225 e. The molecular formula is C15H18FN3OS. The number of nitrogens with zero attached hydrogens (tertiary/aromatic N) is 2. The molecule has 21 heavy (non-hydrogen) atoms. The first-order valence-electron chi connectivity index (χ1n) is 7.24. The van der Waals surface area contributed by atoms with Crippen LogP contribution < -0.4 is 5.32 Å². The van der Waals surface area contributed by atoms with Gasteiger partial charge in [-0.15, -0.1) is 0 Å². The number of rotatable bonds is 2. The van der Waals surface area contributed by atoms with Gasteiger partial charge in [0.25, 0.3) is 0 Å². The Morgan fingerprint density at radius 1 is 1.14 bits per heavy atom. The zero-order chi connectivity index (χ0) is 14.8. The summed E-state index contributed by atoms with van der Waals surface area (Å²) < 4.78 is 13.6. The average molecular weight is 307 g/mol. The van der Waals surface area contributed by atoms with Crippen LogP contribution in [-0.4, -0.2) is 47.0 Å². The monoisotopic (exact) mass is 307 g/mol. The predicted molar refractivity (Wildman–Crippen MR) is 83.5 cm³/mol. The molecule has 0 unspecified atom stereocenters. The van der Waals surface area contributed by atoms with Gasteiger partial charge in [-0.05, 0) is 37.2 Å². The number of hydrogen-bond acceptors (Lipinski definition) is 2. The Hall–Kier alpha value is -1.69. The fraction of sp³-hybridized carbons (Fsp3) is 0.467. The largest absolute Gasteiger partial charge is 0.345 e. The normalized spacial score (nSPS) is 18.5. The van der Waals surface area contributed by atoms with Gasteiger partial charge in [-0.3, -0.25) is 4.79 Å². The maximum Gasteiger partial charge on any atom is 0.225 e. The van der Waals surface area contributed by atoms with E-state index < -0.39 is 0 Å². The van der Waals surface area contributed by atoms with Crippen LogP contribution in [0.5, 0.6) is 0 Å². The fourth-order valence-electron chi connectivity index (χ4n) is 2.48. The van der Waals surface area contributed by atoms with E-state index in [0.717, 1.165) is 12.8 Å². The van der Waals surface area contributed by atoms with Gasteiger partial charge in [-0.2, -0.15) is 0 Å². The number of carbonyl (C=O) groups excluding carboxylic acids is 1. The first kappa shape index (κ1) is 14.3. The standard InChI is InChI=1S/C15H18FN3OS/c16-12-3-1-2-4-13(12)17-15(21)19-9-7-18(8-10-19)14(20)11-5-6-11/h1-4,11H,5-10H2,(H,17,21). The maximum atomic E-state index is 13.6. The van der Waals surface area contributed by atoms with Crippen molar-refractivity contribution >= 4 is 28.9 Å². The lowest BCUT2D eigenvalue weighted by molar-refractivity contribution is -0.133. The van der Waals surface area contributed by atoms with E-state index in [4.69, 9.17) is 12.2 Å². The summed E-state index contributed by atoms with van der Waals surface area (Å²) in [7, 11) is 0. The van der Waals surface area contributed by atoms with Crippen LogP contribution in [-0.2, 0) is 4.79 Å². The second-order valence-corrected chi connectivity index (χ2v) is 5.88. The van der Waals surface area contributed by atoms with Gasteiger partial charge in [0.2, 0.25) is 5.91 Å². The van der Waals surface area contributed by atoms with Crippen LogP contribution >= 0.6 is 12.2 Å². The number of nitrogens with one attached hydrogen (secondary N) is 1. The molecule has 0 bridgehead atoms. The molecule has 1 aromatic rings. The molecule has 1 saturated heterocycles. The van der Waals surface area contributed by atoms with Crippen molar-refractivity contribution in [2.45, 2.75) is 12.8 Å². The molecule has 2 fully saturated rings. The van der Waals surface area contributed by atoms with E-state index in [9.17, 15) is 9.18 Å². The number of benzene rings is 1. The van der Waals surface area contributed by atoms with Crippen molar-refractivity contribution < 1.29 is 9.18 Å². The summed E-state index contributed by atoms with van der Waals surface area (Å²) in [5.74, 6) is 0.227. The van der Waals surface area contributed by atoms with Crippen LogP contribution in [0.25, 0.3) is 0 Å². The minimum atomic E-state index is -0.317.